The van der Waals surface area contributed by atoms with Gasteiger partial charge in [-0.05, 0) is 88.4 Å². The number of aromatic nitrogens is 17. The molecular formula is C41H29N21O6S3. The Hall–Kier alpha value is -9.25. The van der Waals surface area contributed by atoms with E-state index in [1.54, 1.807) is 78.6 Å². The molecule has 0 bridgehead atoms. The van der Waals surface area contributed by atoms with Crippen LogP contribution in [-0.4, -0.2) is 111 Å². The number of nitrogens with zero attached hydrogens (tertiary/aromatic N) is 16. The number of fused-ring (bicyclic) bond motifs is 2. The summed E-state index contributed by atoms with van der Waals surface area (Å²) in [7, 11) is -12.0. The molecule has 0 unspecified atom stereocenters. The number of sulfonamides is 3. The van der Waals surface area contributed by atoms with Crippen LogP contribution in [-0.2, 0) is 37.1 Å². The van der Waals surface area contributed by atoms with Crippen LogP contribution in [0, 0.1) is 11.3 Å². The fourth-order valence-electron chi connectivity index (χ4n) is 8.21. The third-order valence-electron chi connectivity index (χ3n) is 11.2. The average Bonchev–Trinajstić information content (AvgIpc) is 4.21. The lowest BCUT2D eigenvalue weighted by Crippen LogP contribution is -2.16. The lowest BCUT2D eigenvalue weighted by molar-refractivity contribution is 0.596. The van der Waals surface area contributed by atoms with Crippen LogP contribution in [0.2, 0.25) is 0 Å². The molecule has 0 atom stereocenters. The third-order valence-corrected chi connectivity index (χ3v) is 14.0. The number of hydrogen-bond acceptors (Lipinski definition) is 18. The highest BCUT2D eigenvalue weighted by molar-refractivity contribution is 7.89. The third kappa shape index (κ3) is 7.73. The molecule has 0 aliphatic heterocycles. The molecule has 11 aromatic rings. The molecule has 7 heterocycles. The van der Waals surface area contributed by atoms with Crippen LogP contribution in [0.3, 0.4) is 0 Å². The van der Waals surface area contributed by atoms with Crippen molar-refractivity contribution in [1.29, 1.82) is 5.26 Å². The standard InChI is InChI=1S/C41H29N21O6S3/c1-59-14-12-28(52-59)37-31(10-11-33(70(44,65)66)38(37)39-48-55-56-49-39)62-54-41(51-58-62)36-25(26-20-46-60-13-3-2-6-30(26)60)17-23(18-34(36)71(45,67)68)61-53-40(50-57-61)35-24(5-4-7-32(35)69(43,63)64)29-16-22-15-21(19-42)8-9-27(22)47-29/h2-18,20,47H,1H3,(H2,43,63,64)(H2,44,65,66)(H2,45,67,68)(H,48,49,55,56). The van der Waals surface area contributed by atoms with Gasteiger partial charge in [0.05, 0.1) is 71.8 Å². The molecule has 11 rings (SSSR count). The molecule has 27 nitrogen and oxygen atoms in total. The lowest BCUT2D eigenvalue weighted by atomic mass is 9.99. The molecule has 0 amide bonds. The Morgan fingerprint density at radius 2 is 1.37 bits per heavy atom. The molecule has 30 heteroatoms. The summed E-state index contributed by atoms with van der Waals surface area (Å²) in [4.78, 5) is 3.98. The average molecular weight is 1010 g/mol. The monoisotopic (exact) mass is 1010 g/mol. The van der Waals surface area contributed by atoms with Gasteiger partial charge in [-0.15, -0.1) is 40.2 Å². The van der Waals surface area contributed by atoms with Gasteiger partial charge in [-0.3, -0.25) is 4.68 Å². The first-order chi connectivity index (χ1) is 33.9. The van der Waals surface area contributed by atoms with Crippen molar-refractivity contribution in [3.05, 3.63) is 115 Å². The number of aromatic amines is 2. The lowest BCUT2D eigenvalue weighted by Gasteiger charge is -2.14. The quantitative estimate of drug-likeness (QED) is 0.123. The largest absolute Gasteiger partial charge is 0.355 e. The van der Waals surface area contributed by atoms with Crippen LogP contribution < -0.4 is 15.4 Å². The highest BCUT2D eigenvalue weighted by atomic mass is 32.2. The van der Waals surface area contributed by atoms with E-state index in [9.17, 15) is 30.5 Å². The highest BCUT2D eigenvalue weighted by Gasteiger charge is 2.32. The van der Waals surface area contributed by atoms with E-state index < -0.39 is 35.0 Å². The molecule has 7 aromatic heterocycles. The fourth-order valence-corrected chi connectivity index (χ4v) is 10.5. The van der Waals surface area contributed by atoms with Crippen LogP contribution >= 0.6 is 0 Å². The van der Waals surface area contributed by atoms with Gasteiger partial charge in [-0.25, -0.2) is 45.2 Å². The Bertz CT molecular complexity index is 4380. The number of nitrogens with two attached hydrogens (primary N) is 3. The van der Waals surface area contributed by atoms with E-state index in [1.807, 2.05) is 0 Å². The molecule has 0 fully saturated rings. The van der Waals surface area contributed by atoms with Crippen molar-refractivity contribution >= 4 is 46.5 Å². The van der Waals surface area contributed by atoms with Crippen LogP contribution in [0.4, 0.5) is 0 Å². The van der Waals surface area contributed by atoms with E-state index in [-0.39, 0.29) is 72.2 Å². The Kier molecular flexibility index (Phi) is 10.1. The van der Waals surface area contributed by atoms with E-state index in [1.165, 1.54) is 41.2 Å². The smallest absolute Gasteiger partial charge is 0.238 e. The highest BCUT2D eigenvalue weighted by Crippen LogP contribution is 2.42. The van der Waals surface area contributed by atoms with E-state index >= 15 is 0 Å². The van der Waals surface area contributed by atoms with Gasteiger partial charge in [0, 0.05) is 58.3 Å². The predicted molar refractivity (Wildman–Crippen MR) is 248 cm³/mol. The zero-order valence-electron chi connectivity index (χ0n) is 36.0. The number of H-pyrrole nitrogens is 2. The first-order valence-corrected chi connectivity index (χ1v) is 25.0. The molecule has 0 radical (unpaired) electrons. The second kappa shape index (κ2) is 16.2. The van der Waals surface area contributed by atoms with E-state index in [0.717, 1.165) is 15.7 Å². The first kappa shape index (κ1) is 44.3. The summed E-state index contributed by atoms with van der Waals surface area (Å²) >= 11 is 0. The Morgan fingerprint density at radius 1 is 0.634 bits per heavy atom. The fraction of sp³-hybridized carbons (Fsp3) is 0.0244. The van der Waals surface area contributed by atoms with Crippen molar-refractivity contribution in [2.24, 2.45) is 22.5 Å². The zero-order valence-corrected chi connectivity index (χ0v) is 38.4. The van der Waals surface area contributed by atoms with Crippen molar-refractivity contribution in [2.75, 3.05) is 0 Å². The number of nitrogens with one attached hydrogen (secondary N) is 2. The molecule has 0 saturated heterocycles. The van der Waals surface area contributed by atoms with E-state index in [0.29, 0.717) is 38.8 Å². The number of hydrogen-bond donors (Lipinski definition) is 5. The van der Waals surface area contributed by atoms with Crippen molar-refractivity contribution in [2.45, 2.75) is 14.7 Å². The Labute approximate surface area is 398 Å². The number of primary sulfonamides is 3. The second-order valence-corrected chi connectivity index (χ2v) is 20.2. The maximum atomic E-state index is 13.9. The summed E-state index contributed by atoms with van der Waals surface area (Å²) in [6.07, 6.45) is 4.75. The SMILES string of the molecule is Cn1ccc(-c2c(-n3nnc(-c4c(-c5cnn6ccccc56)cc(-n5nnc(-c6c(-c7cc8cc(C#N)ccc8[nH]7)cccc6S(N)(=O)=O)n5)cc4S(N)(=O)=O)n3)ccc(S(N)(=O)=O)c2-c2nn[nH]n2)n1. The molecule has 0 aliphatic rings. The van der Waals surface area contributed by atoms with Gasteiger partial charge in [-0.2, -0.15) is 20.7 Å². The zero-order chi connectivity index (χ0) is 49.6. The number of rotatable bonds is 11. The summed E-state index contributed by atoms with van der Waals surface area (Å²) in [6.45, 7) is 0. The summed E-state index contributed by atoms with van der Waals surface area (Å²) in [5, 5.41) is 76.9. The van der Waals surface area contributed by atoms with E-state index in [2.05, 4.69) is 72.7 Å². The topological polar surface area (TPSA) is 397 Å². The number of tetrazole rings is 3. The minimum atomic E-state index is -4.75. The van der Waals surface area contributed by atoms with Gasteiger partial charge >= 0.3 is 0 Å². The number of nitriles is 1. The second-order valence-electron chi connectivity index (χ2n) is 15.6. The van der Waals surface area contributed by atoms with Crippen LogP contribution in [0.25, 0.3) is 95.6 Å². The number of aryl methyl sites for hydroxylation is 1. The van der Waals surface area contributed by atoms with Crippen LogP contribution in [0.1, 0.15) is 5.56 Å². The van der Waals surface area contributed by atoms with Gasteiger partial charge in [-0.1, -0.05) is 18.2 Å². The minimum Gasteiger partial charge on any atom is -0.355 e. The maximum Gasteiger partial charge on any atom is 0.238 e. The van der Waals surface area contributed by atoms with Gasteiger partial charge in [0.25, 0.3) is 0 Å². The summed E-state index contributed by atoms with van der Waals surface area (Å²) < 4.78 is 83.2. The van der Waals surface area contributed by atoms with Crippen molar-refractivity contribution < 1.29 is 25.3 Å². The van der Waals surface area contributed by atoms with Gasteiger partial charge in [0.1, 0.15) is 0 Å². The molecule has 352 valence electrons. The summed E-state index contributed by atoms with van der Waals surface area (Å²) in [5.74, 6) is -0.670. The Morgan fingerprint density at radius 3 is 2.07 bits per heavy atom. The van der Waals surface area contributed by atoms with Crippen molar-refractivity contribution in [3.63, 3.8) is 0 Å². The molecule has 71 heavy (non-hydrogen) atoms. The first-order valence-electron chi connectivity index (χ1n) is 20.3. The van der Waals surface area contributed by atoms with Gasteiger partial charge < -0.3 is 4.98 Å². The van der Waals surface area contributed by atoms with Crippen molar-refractivity contribution in [1.82, 2.24) is 85.4 Å². The number of pyridine rings is 1. The predicted octanol–water partition coefficient (Wildman–Crippen LogP) is 1.83. The van der Waals surface area contributed by atoms with Gasteiger partial charge in [0.2, 0.25) is 47.5 Å². The summed E-state index contributed by atoms with van der Waals surface area (Å²) in [5.41, 5.74) is 2.84. The molecule has 0 saturated carbocycles. The normalized spacial score (nSPS) is 12.3. The Balaban J connectivity index is 1.12. The summed E-state index contributed by atoms with van der Waals surface area (Å²) in [6, 6.07) is 25.2. The molecule has 0 aliphatic carbocycles. The molecule has 4 aromatic carbocycles. The van der Waals surface area contributed by atoms with Gasteiger partial charge in [0.15, 0.2) is 0 Å². The minimum absolute atomic E-state index is 0.0285. The molecule has 8 N–H and O–H groups in total. The molecular weight excluding hydrogens is 979 g/mol. The molecule has 0 spiro atoms. The van der Waals surface area contributed by atoms with Crippen LogP contribution in [0.5, 0.6) is 0 Å². The number of benzene rings is 4. The maximum absolute atomic E-state index is 13.9. The van der Waals surface area contributed by atoms with Crippen molar-refractivity contribution in [3.8, 4) is 85.2 Å². The van der Waals surface area contributed by atoms with E-state index in [4.69, 9.17) is 15.4 Å². The van der Waals surface area contributed by atoms with Crippen LogP contribution in [0.15, 0.2) is 124 Å².